The van der Waals surface area contributed by atoms with Crippen LogP contribution < -0.4 is 0 Å². The fourth-order valence-corrected chi connectivity index (χ4v) is 2.08. The van der Waals surface area contributed by atoms with Gasteiger partial charge in [-0.2, -0.15) is 0 Å². The first kappa shape index (κ1) is 7.80. The fourth-order valence-electron chi connectivity index (χ4n) is 0.980. The van der Waals surface area contributed by atoms with Gasteiger partial charge in [0.2, 0.25) is 0 Å². The summed E-state index contributed by atoms with van der Waals surface area (Å²) in [6.07, 6.45) is 4.66. The lowest BCUT2D eigenvalue weighted by molar-refractivity contribution is 0.756. The summed E-state index contributed by atoms with van der Waals surface area (Å²) in [4.78, 5) is 1.28. The van der Waals surface area contributed by atoms with Crippen LogP contribution in [-0.2, 0) is 0 Å². The van der Waals surface area contributed by atoms with E-state index in [-0.39, 0.29) is 0 Å². The van der Waals surface area contributed by atoms with Gasteiger partial charge in [0.25, 0.3) is 0 Å². The van der Waals surface area contributed by atoms with Crippen LogP contribution in [0, 0.1) is 0 Å². The van der Waals surface area contributed by atoms with Crippen LogP contribution in [0.1, 0.15) is 19.8 Å². The molecule has 2 unspecified atom stereocenters. The van der Waals surface area contributed by atoms with Gasteiger partial charge in [-0.25, -0.2) is 0 Å². The van der Waals surface area contributed by atoms with Crippen LogP contribution in [0.5, 0.6) is 0 Å². The minimum absolute atomic E-state index is 0.640. The van der Waals surface area contributed by atoms with Crippen LogP contribution in [0.15, 0.2) is 11.6 Å². The van der Waals surface area contributed by atoms with Crippen LogP contribution in [0.4, 0.5) is 0 Å². The molecule has 2 heteroatoms. The van der Waals surface area contributed by atoms with Crippen molar-refractivity contribution in [1.82, 2.24) is 0 Å². The Balaban J connectivity index is 2.54. The Kier molecular flexibility index (Phi) is 2.77. The zero-order valence-corrected chi connectivity index (χ0v) is 8.57. The van der Waals surface area contributed by atoms with Crippen molar-refractivity contribution in [2.24, 2.45) is 0 Å². The van der Waals surface area contributed by atoms with E-state index in [4.69, 9.17) is 0 Å². The van der Waals surface area contributed by atoms with Gasteiger partial charge in [0.05, 0.1) is 0 Å². The highest BCUT2D eigenvalue weighted by molar-refractivity contribution is 9.12. The van der Waals surface area contributed by atoms with Crippen LogP contribution in [0.25, 0.3) is 0 Å². The van der Waals surface area contributed by atoms with Gasteiger partial charge in [-0.05, 0) is 19.8 Å². The van der Waals surface area contributed by atoms with E-state index in [0.717, 1.165) is 0 Å². The Morgan fingerprint density at radius 2 is 2.11 bits per heavy atom. The minimum Gasteiger partial charge on any atom is -0.0875 e. The predicted molar refractivity (Wildman–Crippen MR) is 48.4 cm³/mol. The summed E-state index contributed by atoms with van der Waals surface area (Å²) in [5, 5.41) is 0. The quantitative estimate of drug-likeness (QED) is 0.459. The van der Waals surface area contributed by atoms with Crippen LogP contribution in [0.3, 0.4) is 0 Å². The summed E-state index contributed by atoms with van der Waals surface area (Å²) in [7, 11) is 0. The molecule has 0 aliphatic heterocycles. The maximum Gasteiger partial charge on any atom is 0.0311 e. The topological polar surface area (TPSA) is 0 Å². The van der Waals surface area contributed by atoms with Gasteiger partial charge in [0, 0.05) is 9.65 Å². The van der Waals surface area contributed by atoms with Crippen molar-refractivity contribution < 1.29 is 0 Å². The Bertz CT molecular complexity index is 129. The molecule has 2 atom stereocenters. The molecule has 1 aliphatic rings. The second-order valence-corrected chi connectivity index (χ2v) is 4.87. The van der Waals surface area contributed by atoms with Crippen LogP contribution >= 0.6 is 31.9 Å². The molecule has 0 fully saturated rings. The molecule has 1 rings (SSSR count). The Hall–Kier alpha value is 0.700. The molecular weight excluding hydrogens is 244 g/mol. The summed E-state index contributed by atoms with van der Waals surface area (Å²) in [5.41, 5.74) is 1.51. The normalized spacial score (nSPS) is 36.1. The highest BCUT2D eigenvalue weighted by Crippen LogP contribution is 2.28. The van der Waals surface area contributed by atoms with Gasteiger partial charge in [-0.1, -0.05) is 43.5 Å². The number of hydrogen-bond acceptors (Lipinski definition) is 0. The number of hydrogen-bond donors (Lipinski definition) is 0. The highest BCUT2D eigenvalue weighted by atomic mass is 79.9. The molecule has 0 aromatic heterocycles. The summed E-state index contributed by atoms with van der Waals surface area (Å²) in [6, 6.07) is 0. The smallest absolute Gasteiger partial charge is 0.0311 e. The molecule has 0 aromatic rings. The maximum absolute atomic E-state index is 3.61. The van der Waals surface area contributed by atoms with E-state index >= 15 is 0 Å². The van der Waals surface area contributed by atoms with E-state index in [1.807, 2.05) is 0 Å². The van der Waals surface area contributed by atoms with Crippen molar-refractivity contribution in [2.75, 3.05) is 0 Å². The number of rotatable bonds is 0. The lowest BCUT2D eigenvalue weighted by Gasteiger charge is -2.20. The molecule has 0 aromatic carbocycles. The lowest BCUT2D eigenvalue weighted by atomic mass is 10.0. The SMILES string of the molecule is CC1=CCC(Br)C(Br)C1. The zero-order valence-electron chi connectivity index (χ0n) is 5.40. The first-order valence-corrected chi connectivity index (χ1v) is 4.97. The Morgan fingerprint density at radius 3 is 2.56 bits per heavy atom. The Morgan fingerprint density at radius 1 is 1.44 bits per heavy atom. The fraction of sp³-hybridized carbons (Fsp3) is 0.714. The third-order valence-electron chi connectivity index (χ3n) is 1.60. The molecular formula is C7H10Br2. The first-order chi connectivity index (χ1) is 4.20. The average molecular weight is 254 g/mol. The minimum atomic E-state index is 0.640. The van der Waals surface area contributed by atoms with Gasteiger partial charge in [-0.3, -0.25) is 0 Å². The van der Waals surface area contributed by atoms with E-state index < -0.39 is 0 Å². The largest absolute Gasteiger partial charge is 0.0875 e. The molecule has 0 saturated carbocycles. The van der Waals surface area contributed by atoms with E-state index in [1.54, 1.807) is 0 Å². The second-order valence-electron chi connectivity index (χ2n) is 2.52. The standard InChI is InChI=1S/C7H10Br2/c1-5-2-3-6(8)7(9)4-5/h2,6-7H,3-4H2,1H3. The van der Waals surface area contributed by atoms with Crippen LogP contribution in [-0.4, -0.2) is 9.65 Å². The number of allylic oxidation sites excluding steroid dienone is 2. The van der Waals surface area contributed by atoms with Crippen molar-refractivity contribution in [2.45, 2.75) is 29.4 Å². The molecule has 0 spiro atoms. The molecule has 0 heterocycles. The van der Waals surface area contributed by atoms with E-state index in [9.17, 15) is 0 Å². The third kappa shape index (κ3) is 2.08. The molecule has 0 radical (unpaired) electrons. The maximum atomic E-state index is 3.61. The third-order valence-corrected chi connectivity index (χ3v) is 4.28. The first-order valence-electron chi connectivity index (χ1n) is 3.14. The summed E-state index contributed by atoms with van der Waals surface area (Å²) in [6.45, 7) is 2.19. The monoisotopic (exact) mass is 252 g/mol. The molecule has 0 amide bonds. The van der Waals surface area contributed by atoms with Gasteiger partial charge >= 0.3 is 0 Å². The predicted octanol–water partition coefficient (Wildman–Crippen LogP) is 3.25. The van der Waals surface area contributed by atoms with Crippen molar-refractivity contribution >= 4 is 31.9 Å². The number of alkyl halides is 2. The van der Waals surface area contributed by atoms with Crippen LogP contribution in [0.2, 0.25) is 0 Å². The van der Waals surface area contributed by atoms with E-state index in [1.165, 1.54) is 18.4 Å². The van der Waals surface area contributed by atoms with E-state index in [0.29, 0.717) is 9.65 Å². The summed E-state index contributed by atoms with van der Waals surface area (Å²) < 4.78 is 0. The van der Waals surface area contributed by atoms with Crippen molar-refractivity contribution in [3.05, 3.63) is 11.6 Å². The van der Waals surface area contributed by atoms with Gasteiger partial charge in [0.1, 0.15) is 0 Å². The molecule has 1 aliphatic carbocycles. The van der Waals surface area contributed by atoms with Gasteiger partial charge in [0.15, 0.2) is 0 Å². The van der Waals surface area contributed by atoms with Gasteiger partial charge < -0.3 is 0 Å². The average Bonchev–Trinajstić information content (AvgIpc) is 1.80. The molecule has 0 nitrogen and oxygen atoms in total. The summed E-state index contributed by atoms with van der Waals surface area (Å²) >= 11 is 7.20. The molecule has 9 heavy (non-hydrogen) atoms. The second kappa shape index (κ2) is 3.20. The van der Waals surface area contributed by atoms with Gasteiger partial charge in [-0.15, -0.1) is 0 Å². The molecule has 0 bridgehead atoms. The van der Waals surface area contributed by atoms with Crippen molar-refractivity contribution in [1.29, 1.82) is 0 Å². The van der Waals surface area contributed by atoms with Crippen molar-refractivity contribution in [3.63, 3.8) is 0 Å². The summed E-state index contributed by atoms with van der Waals surface area (Å²) in [5.74, 6) is 0. The highest BCUT2D eigenvalue weighted by Gasteiger charge is 2.18. The lowest BCUT2D eigenvalue weighted by Crippen LogP contribution is -2.17. The van der Waals surface area contributed by atoms with Crippen molar-refractivity contribution in [3.8, 4) is 0 Å². The van der Waals surface area contributed by atoms with E-state index in [2.05, 4.69) is 44.9 Å². The number of halogens is 2. The molecule has 52 valence electrons. The zero-order chi connectivity index (χ0) is 6.85. The molecule has 0 N–H and O–H groups in total. The molecule has 0 saturated heterocycles. The Labute approximate surface area is 73.0 Å².